The summed E-state index contributed by atoms with van der Waals surface area (Å²) in [5.41, 5.74) is 0.597. The van der Waals surface area contributed by atoms with Gasteiger partial charge in [-0.05, 0) is 52.8 Å². The topological polar surface area (TPSA) is 69.3 Å². The maximum Gasteiger partial charge on any atom is 0.264 e. The van der Waals surface area contributed by atoms with E-state index in [1.807, 2.05) is 30.8 Å². The van der Waals surface area contributed by atoms with Gasteiger partial charge in [-0.15, -0.1) is 11.3 Å². The number of aromatic amines is 1. The number of nitrogens with one attached hydrogen (secondary N) is 1. The second-order valence-electron chi connectivity index (χ2n) is 6.83. The third-order valence-electron chi connectivity index (χ3n) is 4.57. The number of aromatic nitrogens is 2. The first-order valence-electron chi connectivity index (χ1n) is 8.36. The van der Waals surface area contributed by atoms with E-state index in [1.165, 1.54) is 17.8 Å². The number of nitrogens with zero attached hydrogens (tertiary/aromatic N) is 3. The van der Waals surface area contributed by atoms with Gasteiger partial charge in [-0.25, -0.2) is 4.98 Å². The van der Waals surface area contributed by atoms with E-state index in [4.69, 9.17) is 0 Å². The molecule has 1 N–H and O–H groups in total. The van der Waals surface area contributed by atoms with E-state index in [-0.39, 0.29) is 17.5 Å². The lowest BCUT2D eigenvalue weighted by Crippen LogP contribution is -2.41. The van der Waals surface area contributed by atoms with Crippen molar-refractivity contribution in [2.24, 2.45) is 0 Å². The first kappa shape index (κ1) is 17.1. The number of hydrogen-bond donors (Lipinski definition) is 1. The Labute approximate surface area is 145 Å². The van der Waals surface area contributed by atoms with Gasteiger partial charge in [0.15, 0.2) is 0 Å². The third-order valence-corrected chi connectivity index (χ3v) is 5.75. The fourth-order valence-corrected chi connectivity index (χ4v) is 4.45. The van der Waals surface area contributed by atoms with Gasteiger partial charge in [0.25, 0.3) is 11.5 Å². The lowest BCUT2D eigenvalue weighted by molar-refractivity contribution is 0.0640. The molecule has 0 saturated carbocycles. The van der Waals surface area contributed by atoms with Crippen molar-refractivity contribution in [1.29, 1.82) is 0 Å². The van der Waals surface area contributed by atoms with Crippen LogP contribution >= 0.6 is 11.3 Å². The number of aryl methyl sites for hydroxylation is 1. The molecule has 1 unspecified atom stereocenters. The van der Waals surface area contributed by atoms with E-state index in [1.54, 1.807) is 0 Å². The molecule has 0 radical (unpaired) electrons. The van der Waals surface area contributed by atoms with Crippen LogP contribution in [-0.4, -0.2) is 52.4 Å². The second kappa shape index (κ2) is 6.64. The predicted octanol–water partition coefficient (Wildman–Crippen LogP) is 2.37. The molecule has 2 aromatic heterocycles. The second-order valence-corrected chi connectivity index (χ2v) is 7.83. The summed E-state index contributed by atoms with van der Waals surface area (Å²) in [7, 11) is 3.85. The molecule has 1 aliphatic rings. The molecule has 6 nitrogen and oxygen atoms in total. The Balaban J connectivity index is 2.03. The molecule has 0 aromatic carbocycles. The van der Waals surface area contributed by atoms with Crippen molar-refractivity contribution in [1.82, 2.24) is 19.8 Å². The quantitative estimate of drug-likeness (QED) is 0.924. The van der Waals surface area contributed by atoms with E-state index in [0.29, 0.717) is 27.5 Å². The molecule has 130 valence electrons. The number of amides is 1. The maximum absolute atomic E-state index is 13.0. The van der Waals surface area contributed by atoms with Crippen LogP contribution in [0.2, 0.25) is 0 Å². The highest BCUT2D eigenvalue weighted by Crippen LogP contribution is 2.30. The van der Waals surface area contributed by atoms with Gasteiger partial charge in [0.05, 0.1) is 16.8 Å². The molecule has 1 atom stereocenters. The number of likely N-dealkylation sites (tertiary alicyclic amines) is 1. The van der Waals surface area contributed by atoms with Gasteiger partial charge in [0, 0.05) is 12.6 Å². The molecule has 3 rings (SSSR count). The molecule has 1 fully saturated rings. The van der Waals surface area contributed by atoms with Gasteiger partial charge in [0.2, 0.25) is 0 Å². The summed E-state index contributed by atoms with van der Waals surface area (Å²) in [4.78, 5) is 38.0. The van der Waals surface area contributed by atoms with E-state index in [2.05, 4.69) is 16.9 Å². The van der Waals surface area contributed by atoms with Crippen LogP contribution in [0.25, 0.3) is 10.2 Å². The summed E-state index contributed by atoms with van der Waals surface area (Å²) >= 11 is 1.34. The molecule has 0 aliphatic carbocycles. The van der Waals surface area contributed by atoms with Gasteiger partial charge in [-0.2, -0.15) is 0 Å². The third kappa shape index (κ3) is 3.10. The molecular formula is C17H24N4O2S. The Kier molecular flexibility index (Phi) is 4.73. The monoisotopic (exact) mass is 348 g/mol. The minimum Gasteiger partial charge on any atom is -0.335 e. The van der Waals surface area contributed by atoms with Gasteiger partial charge < -0.3 is 14.8 Å². The summed E-state index contributed by atoms with van der Waals surface area (Å²) in [6.07, 6.45) is 3.26. The fraction of sp³-hybridized carbons (Fsp3) is 0.588. The van der Waals surface area contributed by atoms with Crippen molar-refractivity contribution in [2.45, 2.75) is 45.7 Å². The fourth-order valence-electron chi connectivity index (χ4n) is 3.30. The molecular weight excluding hydrogens is 324 g/mol. The molecule has 1 amide bonds. The van der Waals surface area contributed by atoms with Gasteiger partial charge in [0.1, 0.15) is 10.7 Å². The summed E-state index contributed by atoms with van der Waals surface area (Å²) in [5.74, 6) is 0.667. The Morgan fingerprint density at radius 1 is 1.42 bits per heavy atom. The number of rotatable bonds is 3. The zero-order valence-corrected chi connectivity index (χ0v) is 15.5. The van der Waals surface area contributed by atoms with Gasteiger partial charge >= 0.3 is 0 Å². The minimum absolute atomic E-state index is 0.0382. The lowest BCUT2D eigenvalue weighted by atomic mass is 10.0. The minimum atomic E-state index is -0.156. The van der Waals surface area contributed by atoms with Crippen LogP contribution < -0.4 is 5.56 Å². The highest BCUT2D eigenvalue weighted by atomic mass is 32.1. The maximum atomic E-state index is 13.0. The van der Waals surface area contributed by atoms with Crippen LogP contribution in [-0.2, 0) is 6.54 Å². The lowest BCUT2D eigenvalue weighted by Gasteiger charge is -2.33. The Morgan fingerprint density at radius 2 is 2.17 bits per heavy atom. The first-order valence-corrected chi connectivity index (χ1v) is 9.18. The van der Waals surface area contributed by atoms with Gasteiger partial charge in [-0.3, -0.25) is 9.59 Å². The highest BCUT2D eigenvalue weighted by molar-refractivity contribution is 7.20. The van der Waals surface area contributed by atoms with Crippen molar-refractivity contribution in [2.75, 3.05) is 20.6 Å². The molecule has 0 bridgehead atoms. The largest absolute Gasteiger partial charge is 0.335 e. The molecule has 0 spiro atoms. The van der Waals surface area contributed by atoms with Crippen LogP contribution in [0, 0.1) is 6.92 Å². The Bertz CT molecular complexity index is 824. The van der Waals surface area contributed by atoms with Gasteiger partial charge in [-0.1, -0.05) is 0 Å². The van der Waals surface area contributed by atoms with E-state index >= 15 is 0 Å². The molecule has 1 saturated heterocycles. The number of H-pyrrole nitrogens is 1. The molecule has 1 aliphatic heterocycles. The number of piperidine rings is 1. The number of carbonyl (C=O) groups is 1. The summed E-state index contributed by atoms with van der Waals surface area (Å²) in [6.45, 7) is 5.31. The average Bonchev–Trinajstić information content (AvgIpc) is 2.83. The zero-order valence-electron chi connectivity index (χ0n) is 14.7. The standard InChI is InChI=1S/C17H24N4O2S/c1-10-7-5-6-8-21(10)17(23)14-11(2)13-15(22)18-12(9-20(3)4)19-16(13)24-14/h10H,5-9H2,1-4H3,(H,18,19,22). The van der Waals surface area contributed by atoms with E-state index in [0.717, 1.165) is 24.9 Å². The highest BCUT2D eigenvalue weighted by Gasteiger charge is 2.28. The van der Waals surface area contributed by atoms with Crippen molar-refractivity contribution >= 4 is 27.5 Å². The van der Waals surface area contributed by atoms with Crippen LogP contribution in [0.3, 0.4) is 0 Å². The van der Waals surface area contributed by atoms with E-state index in [9.17, 15) is 9.59 Å². The normalized spacial score (nSPS) is 18.5. The SMILES string of the molecule is Cc1c(C(=O)N2CCCCC2C)sc2nc(CN(C)C)[nH]c(=O)c12. The molecule has 24 heavy (non-hydrogen) atoms. The number of hydrogen-bond acceptors (Lipinski definition) is 5. The first-order chi connectivity index (χ1) is 11.4. The number of fused-ring (bicyclic) bond motifs is 1. The smallest absolute Gasteiger partial charge is 0.264 e. The Morgan fingerprint density at radius 3 is 2.83 bits per heavy atom. The summed E-state index contributed by atoms with van der Waals surface area (Å²) in [6, 6.07) is 0.256. The summed E-state index contributed by atoms with van der Waals surface area (Å²) < 4.78 is 0. The van der Waals surface area contributed by atoms with Crippen molar-refractivity contribution in [3.05, 3.63) is 26.6 Å². The zero-order chi connectivity index (χ0) is 17.4. The van der Waals surface area contributed by atoms with Crippen molar-refractivity contribution in [3.63, 3.8) is 0 Å². The van der Waals surface area contributed by atoms with Crippen molar-refractivity contribution < 1.29 is 4.79 Å². The molecule has 2 aromatic rings. The molecule has 3 heterocycles. The van der Waals surface area contributed by atoms with Crippen molar-refractivity contribution in [3.8, 4) is 0 Å². The van der Waals surface area contributed by atoms with Crippen LogP contribution in [0.1, 0.15) is 47.2 Å². The number of thiophene rings is 1. The van der Waals surface area contributed by atoms with E-state index < -0.39 is 0 Å². The number of carbonyl (C=O) groups excluding carboxylic acids is 1. The Hall–Kier alpha value is -1.73. The predicted molar refractivity (Wildman–Crippen MR) is 96.7 cm³/mol. The van der Waals surface area contributed by atoms with Crippen LogP contribution in [0.15, 0.2) is 4.79 Å². The summed E-state index contributed by atoms with van der Waals surface area (Å²) in [5, 5.41) is 0.551. The average molecular weight is 348 g/mol. The molecule has 7 heteroatoms. The van der Waals surface area contributed by atoms with Crippen LogP contribution in [0.5, 0.6) is 0 Å². The van der Waals surface area contributed by atoms with Crippen LogP contribution in [0.4, 0.5) is 0 Å².